The molecule has 2 aliphatic rings. The molecule has 0 spiro atoms. The van der Waals surface area contributed by atoms with Crippen LogP contribution >= 0.6 is 0 Å². The van der Waals surface area contributed by atoms with Crippen molar-refractivity contribution in [2.24, 2.45) is 5.73 Å². The van der Waals surface area contributed by atoms with Crippen LogP contribution in [-0.2, 0) is 4.74 Å². The van der Waals surface area contributed by atoms with E-state index in [9.17, 15) is 0 Å². The molecule has 2 fully saturated rings. The van der Waals surface area contributed by atoms with Gasteiger partial charge in [-0.05, 0) is 24.4 Å². The topological polar surface area (TPSA) is 77.4 Å². The lowest BCUT2D eigenvalue weighted by Crippen LogP contribution is -2.36. The van der Waals surface area contributed by atoms with E-state index in [-0.39, 0.29) is 6.04 Å². The highest BCUT2D eigenvalue weighted by atomic mass is 16.5. The van der Waals surface area contributed by atoms with Gasteiger partial charge in [-0.2, -0.15) is 4.98 Å². The van der Waals surface area contributed by atoms with E-state index in [4.69, 9.17) is 15.0 Å². The lowest BCUT2D eigenvalue weighted by Gasteiger charge is -2.25. The molecule has 1 aromatic heterocycles. The normalized spacial score (nSPS) is 29.5. The van der Waals surface area contributed by atoms with Gasteiger partial charge in [0.25, 0.3) is 5.95 Å². The molecule has 2 heterocycles. The van der Waals surface area contributed by atoms with Crippen LogP contribution in [0.25, 0.3) is 0 Å². The minimum atomic E-state index is 0.280. The van der Waals surface area contributed by atoms with Crippen LogP contribution in [-0.4, -0.2) is 42.5 Å². The first-order valence-electron chi connectivity index (χ1n) is 6.75. The van der Waals surface area contributed by atoms with Gasteiger partial charge in [0.05, 0.1) is 13.2 Å². The van der Waals surface area contributed by atoms with E-state index in [0.717, 1.165) is 57.9 Å². The van der Waals surface area contributed by atoms with Gasteiger partial charge in [0.1, 0.15) is 0 Å². The third-order valence-electron chi connectivity index (χ3n) is 3.79. The Labute approximate surface area is 106 Å². The van der Waals surface area contributed by atoms with Crippen molar-refractivity contribution in [1.82, 2.24) is 10.1 Å². The summed E-state index contributed by atoms with van der Waals surface area (Å²) < 4.78 is 10.7. The van der Waals surface area contributed by atoms with Crippen molar-refractivity contribution in [3.05, 3.63) is 5.89 Å². The first-order valence-corrected chi connectivity index (χ1v) is 6.75. The number of nitrogens with two attached hydrogens (primary N) is 1. The molecule has 0 aromatic carbocycles. The highest BCUT2D eigenvalue weighted by Crippen LogP contribution is 2.31. The van der Waals surface area contributed by atoms with Crippen LogP contribution in [0.15, 0.2) is 4.52 Å². The quantitative estimate of drug-likeness (QED) is 0.842. The van der Waals surface area contributed by atoms with Crippen LogP contribution in [0.5, 0.6) is 0 Å². The van der Waals surface area contributed by atoms with Crippen molar-refractivity contribution in [2.75, 3.05) is 31.2 Å². The predicted octanol–water partition coefficient (Wildman–Crippen LogP) is 0.891. The lowest BCUT2D eigenvalue weighted by atomic mass is 9.86. The molecule has 0 amide bonds. The second-order valence-corrected chi connectivity index (χ2v) is 5.16. The van der Waals surface area contributed by atoms with Gasteiger partial charge in [-0.25, -0.2) is 0 Å². The van der Waals surface area contributed by atoms with E-state index < -0.39 is 0 Å². The maximum absolute atomic E-state index is 6.00. The van der Waals surface area contributed by atoms with Crippen molar-refractivity contribution >= 4 is 5.95 Å². The maximum Gasteiger partial charge on any atom is 0.266 e. The molecule has 6 nitrogen and oxygen atoms in total. The summed E-state index contributed by atoms with van der Waals surface area (Å²) in [6, 6.07) is 0.280. The molecule has 2 unspecified atom stereocenters. The van der Waals surface area contributed by atoms with Gasteiger partial charge in [0.2, 0.25) is 5.89 Å². The van der Waals surface area contributed by atoms with E-state index in [1.54, 1.807) is 0 Å². The summed E-state index contributed by atoms with van der Waals surface area (Å²) >= 11 is 0. The molecule has 2 N–H and O–H groups in total. The standard InChI is InChI=1S/C12H20N4O2/c13-10-3-1-2-9(8-10)11-14-12(15-18-11)16-4-6-17-7-5-16/h9-10H,1-8,13H2. The second kappa shape index (κ2) is 5.24. The van der Waals surface area contributed by atoms with Crippen LogP contribution in [0.2, 0.25) is 0 Å². The minimum absolute atomic E-state index is 0.280. The fourth-order valence-electron chi connectivity index (χ4n) is 2.74. The van der Waals surface area contributed by atoms with Gasteiger partial charge >= 0.3 is 0 Å². The molecule has 2 atom stereocenters. The molecule has 1 aromatic rings. The number of ether oxygens (including phenoxy) is 1. The number of nitrogens with zero attached hydrogens (tertiary/aromatic N) is 3. The van der Waals surface area contributed by atoms with Crippen LogP contribution in [0.3, 0.4) is 0 Å². The first kappa shape index (κ1) is 11.9. The van der Waals surface area contributed by atoms with Gasteiger partial charge in [-0.1, -0.05) is 6.42 Å². The highest BCUT2D eigenvalue weighted by molar-refractivity contribution is 5.28. The Hall–Kier alpha value is -1.14. The number of hydrogen-bond donors (Lipinski definition) is 1. The van der Waals surface area contributed by atoms with Gasteiger partial charge < -0.3 is 19.9 Å². The monoisotopic (exact) mass is 252 g/mol. The molecule has 18 heavy (non-hydrogen) atoms. The predicted molar refractivity (Wildman–Crippen MR) is 66.5 cm³/mol. The van der Waals surface area contributed by atoms with Gasteiger partial charge in [0, 0.05) is 25.0 Å². The molecule has 0 bridgehead atoms. The van der Waals surface area contributed by atoms with Crippen molar-refractivity contribution in [1.29, 1.82) is 0 Å². The Morgan fingerprint density at radius 3 is 2.83 bits per heavy atom. The molecule has 1 saturated carbocycles. The average molecular weight is 252 g/mol. The van der Waals surface area contributed by atoms with Crippen LogP contribution in [0.1, 0.15) is 37.5 Å². The number of rotatable bonds is 2. The molecule has 1 aliphatic heterocycles. The Balaban J connectivity index is 1.68. The van der Waals surface area contributed by atoms with Crippen molar-refractivity contribution < 1.29 is 9.26 Å². The average Bonchev–Trinajstić information content (AvgIpc) is 2.89. The number of morpholine rings is 1. The largest absolute Gasteiger partial charge is 0.378 e. The Bertz CT molecular complexity index is 389. The third-order valence-corrected chi connectivity index (χ3v) is 3.79. The number of aromatic nitrogens is 2. The summed E-state index contributed by atoms with van der Waals surface area (Å²) in [5.74, 6) is 1.80. The van der Waals surface area contributed by atoms with E-state index >= 15 is 0 Å². The summed E-state index contributed by atoms with van der Waals surface area (Å²) in [5, 5.41) is 4.08. The van der Waals surface area contributed by atoms with Gasteiger partial charge in [-0.3, -0.25) is 0 Å². The van der Waals surface area contributed by atoms with E-state index in [1.165, 1.54) is 0 Å². The Kier molecular flexibility index (Phi) is 3.47. The van der Waals surface area contributed by atoms with Gasteiger partial charge in [0.15, 0.2) is 0 Å². The fourth-order valence-corrected chi connectivity index (χ4v) is 2.74. The molecule has 1 aliphatic carbocycles. The van der Waals surface area contributed by atoms with E-state index in [2.05, 4.69) is 15.0 Å². The number of anilines is 1. The summed E-state index contributed by atoms with van der Waals surface area (Å²) in [7, 11) is 0. The zero-order valence-electron chi connectivity index (χ0n) is 10.5. The zero-order valence-corrected chi connectivity index (χ0v) is 10.5. The molecule has 1 saturated heterocycles. The number of hydrogen-bond acceptors (Lipinski definition) is 6. The Morgan fingerprint density at radius 2 is 2.06 bits per heavy atom. The Morgan fingerprint density at radius 1 is 1.22 bits per heavy atom. The molecule has 3 rings (SSSR count). The molecular weight excluding hydrogens is 232 g/mol. The SMILES string of the molecule is NC1CCCC(c2nc(N3CCOCC3)no2)C1. The fraction of sp³-hybridized carbons (Fsp3) is 0.833. The summed E-state index contributed by atoms with van der Waals surface area (Å²) in [5.41, 5.74) is 6.00. The van der Waals surface area contributed by atoms with E-state index in [1.807, 2.05) is 0 Å². The van der Waals surface area contributed by atoms with Crippen molar-refractivity contribution in [2.45, 2.75) is 37.6 Å². The maximum atomic E-state index is 6.00. The first-order chi connectivity index (χ1) is 8.83. The minimum Gasteiger partial charge on any atom is -0.378 e. The zero-order chi connectivity index (χ0) is 12.4. The summed E-state index contributed by atoms with van der Waals surface area (Å²) in [6.07, 6.45) is 4.34. The smallest absolute Gasteiger partial charge is 0.266 e. The van der Waals surface area contributed by atoms with Crippen LogP contribution in [0, 0.1) is 0 Å². The summed E-state index contributed by atoms with van der Waals surface area (Å²) in [4.78, 5) is 6.64. The second-order valence-electron chi connectivity index (χ2n) is 5.16. The van der Waals surface area contributed by atoms with Crippen LogP contribution < -0.4 is 10.6 Å². The summed E-state index contributed by atoms with van der Waals surface area (Å²) in [6.45, 7) is 3.14. The third kappa shape index (κ3) is 2.49. The van der Waals surface area contributed by atoms with Crippen LogP contribution in [0.4, 0.5) is 5.95 Å². The van der Waals surface area contributed by atoms with Crippen molar-refractivity contribution in [3.8, 4) is 0 Å². The molecular formula is C12H20N4O2. The van der Waals surface area contributed by atoms with Crippen molar-refractivity contribution in [3.63, 3.8) is 0 Å². The lowest BCUT2D eigenvalue weighted by molar-refractivity contribution is 0.121. The van der Waals surface area contributed by atoms with E-state index in [0.29, 0.717) is 11.9 Å². The molecule has 6 heteroatoms. The van der Waals surface area contributed by atoms with Gasteiger partial charge in [-0.15, -0.1) is 0 Å². The molecule has 100 valence electrons. The molecule has 0 radical (unpaired) electrons. The highest BCUT2D eigenvalue weighted by Gasteiger charge is 2.26.